The van der Waals surface area contributed by atoms with Gasteiger partial charge in [-0.3, -0.25) is 4.79 Å². The van der Waals surface area contributed by atoms with Crippen molar-refractivity contribution in [3.05, 3.63) is 86.1 Å². The highest BCUT2D eigenvalue weighted by atomic mass is 79.9. The largest absolute Gasteiger partial charge is 0.320 e. The number of halogens is 4. The van der Waals surface area contributed by atoms with Crippen molar-refractivity contribution in [1.29, 1.82) is 0 Å². The number of hydrogen-bond donors (Lipinski definition) is 1. The minimum atomic E-state index is -1.01. The second-order valence-electron chi connectivity index (χ2n) is 6.85. The van der Waals surface area contributed by atoms with Gasteiger partial charge in [-0.2, -0.15) is 0 Å². The molecule has 1 saturated carbocycles. The van der Waals surface area contributed by atoms with Gasteiger partial charge in [0.25, 0.3) is 5.91 Å². The highest BCUT2D eigenvalue weighted by Crippen LogP contribution is 2.52. The van der Waals surface area contributed by atoms with Crippen LogP contribution in [0.5, 0.6) is 0 Å². The lowest BCUT2D eigenvalue weighted by atomic mass is 10.1. The zero-order valence-electron chi connectivity index (χ0n) is 15.3. The lowest BCUT2D eigenvalue weighted by Crippen LogP contribution is -2.13. The second-order valence-corrected chi connectivity index (χ2v) is 8.55. The number of benzene rings is 2. The van der Waals surface area contributed by atoms with Gasteiger partial charge >= 0.3 is 0 Å². The number of amides is 1. The Bertz CT molecular complexity index is 971. The fourth-order valence-electron chi connectivity index (χ4n) is 3.05. The topological polar surface area (TPSA) is 29.1 Å². The molecule has 3 rings (SSSR count). The summed E-state index contributed by atoms with van der Waals surface area (Å²) in [4.78, 5) is 12.1. The van der Waals surface area contributed by atoms with Crippen molar-refractivity contribution in [1.82, 2.24) is 0 Å². The Morgan fingerprint density at radius 2 is 1.86 bits per heavy atom. The SMILES string of the molecule is CC(/C=C/C1C(F)C1c1ccc(Br)c(Br)c1)=C(\F)C(=O)Nc1ccccc1C. The lowest BCUT2D eigenvalue weighted by Gasteiger charge is -2.07. The Morgan fingerprint density at radius 3 is 2.54 bits per heavy atom. The van der Waals surface area contributed by atoms with Gasteiger partial charge in [0.05, 0.1) is 0 Å². The number of rotatable bonds is 5. The van der Waals surface area contributed by atoms with Crippen molar-refractivity contribution in [3.8, 4) is 0 Å². The van der Waals surface area contributed by atoms with Crippen LogP contribution in [0.2, 0.25) is 0 Å². The van der Waals surface area contributed by atoms with E-state index in [2.05, 4.69) is 37.2 Å². The fourth-order valence-corrected chi connectivity index (χ4v) is 3.69. The minimum Gasteiger partial charge on any atom is -0.320 e. The molecule has 0 bridgehead atoms. The van der Waals surface area contributed by atoms with Gasteiger partial charge in [-0.05, 0) is 80.6 Å². The third-order valence-corrected chi connectivity index (χ3v) is 6.70. The summed E-state index contributed by atoms with van der Waals surface area (Å²) in [5.41, 5.74) is 2.46. The molecule has 0 spiro atoms. The molecule has 146 valence electrons. The molecule has 3 unspecified atom stereocenters. The van der Waals surface area contributed by atoms with Gasteiger partial charge in [-0.25, -0.2) is 8.78 Å². The highest BCUT2D eigenvalue weighted by molar-refractivity contribution is 9.13. The Morgan fingerprint density at radius 1 is 1.14 bits per heavy atom. The Kier molecular flexibility index (Phi) is 6.50. The first kappa shape index (κ1) is 20.9. The van der Waals surface area contributed by atoms with Crippen molar-refractivity contribution < 1.29 is 13.6 Å². The summed E-state index contributed by atoms with van der Waals surface area (Å²) in [5.74, 6) is -2.26. The van der Waals surface area contributed by atoms with E-state index in [-0.39, 0.29) is 17.4 Å². The summed E-state index contributed by atoms with van der Waals surface area (Å²) >= 11 is 6.82. The number of carbonyl (C=O) groups excluding carboxylic acids is 1. The summed E-state index contributed by atoms with van der Waals surface area (Å²) in [6.45, 7) is 3.34. The minimum absolute atomic E-state index is 0.168. The van der Waals surface area contributed by atoms with Crippen LogP contribution in [0.25, 0.3) is 0 Å². The Hall–Kier alpha value is -1.79. The molecule has 1 fully saturated rings. The second kappa shape index (κ2) is 8.70. The van der Waals surface area contributed by atoms with Crippen molar-refractivity contribution in [2.45, 2.75) is 25.9 Å². The van der Waals surface area contributed by atoms with Crippen molar-refractivity contribution in [2.24, 2.45) is 5.92 Å². The number of aryl methyl sites for hydroxylation is 1. The van der Waals surface area contributed by atoms with E-state index in [9.17, 15) is 13.6 Å². The third-order valence-electron chi connectivity index (χ3n) is 4.82. The molecule has 2 aromatic rings. The maximum Gasteiger partial charge on any atom is 0.284 e. The van der Waals surface area contributed by atoms with Gasteiger partial charge < -0.3 is 5.32 Å². The van der Waals surface area contributed by atoms with E-state index in [0.717, 1.165) is 20.1 Å². The predicted molar refractivity (Wildman–Crippen MR) is 116 cm³/mol. The van der Waals surface area contributed by atoms with Crippen LogP contribution >= 0.6 is 31.9 Å². The maximum atomic E-state index is 14.4. The van der Waals surface area contributed by atoms with E-state index >= 15 is 0 Å². The van der Waals surface area contributed by atoms with Gasteiger partial charge in [0.1, 0.15) is 6.17 Å². The van der Waals surface area contributed by atoms with Crippen LogP contribution in [0.1, 0.15) is 24.0 Å². The molecule has 0 aliphatic heterocycles. The molecule has 1 aliphatic carbocycles. The fraction of sp³-hybridized carbons (Fsp3) is 0.227. The van der Waals surface area contributed by atoms with E-state index in [1.54, 1.807) is 18.2 Å². The number of allylic oxidation sites excluding steroid dienone is 3. The number of hydrogen-bond acceptors (Lipinski definition) is 1. The summed E-state index contributed by atoms with van der Waals surface area (Å²) in [7, 11) is 0. The van der Waals surface area contributed by atoms with Gasteiger partial charge in [-0.15, -0.1) is 0 Å². The number of anilines is 1. The summed E-state index contributed by atoms with van der Waals surface area (Å²) in [5, 5.41) is 2.56. The van der Waals surface area contributed by atoms with Crippen LogP contribution in [-0.4, -0.2) is 12.1 Å². The average molecular weight is 511 g/mol. The van der Waals surface area contributed by atoms with Gasteiger partial charge in [-0.1, -0.05) is 36.4 Å². The van der Waals surface area contributed by atoms with Crippen LogP contribution in [0.4, 0.5) is 14.5 Å². The standard InChI is InChI=1S/C22H19Br2F2NO/c1-12-5-3-4-6-18(12)27-22(28)20(25)13(2)7-9-15-19(21(15)26)14-8-10-16(23)17(24)11-14/h3-11,15,19,21H,1-2H3,(H,27,28)/b9-7+,20-13+. The maximum absolute atomic E-state index is 14.4. The predicted octanol–water partition coefficient (Wildman–Crippen LogP) is 7.01. The number of carbonyl (C=O) groups is 1. The van der Waals surface area contributed by atoms with E-state index in [0.29, 0.717) is 5.69 Å². The zero-order valence-corrected chi connectivity index (χ0v) is 18.5. The molecule has 1 amide bonds. The first-order chi connectivity index (χ1) is 13.3. The Labute approximate surface area is 180 Å². The zero-order chi connectivity index (χ0) is 20.4. The van der Waals surface area contributed by atoms with Crippen LogP contribution in [0, 0.1) is 12.8 Å². The lowest BCUT2D eigenvalue weighted by molar-refractivity contribution is -0.114. The molecule has 1 aliphatic rings. The van der Waals surface area contributed by atoms with Gasteiger partial charge in [0.15, 0.2) is 5.83 Å². The van der Waals surface area contributed by atoms with Crippen LogP contribution in [0.3, 0.4) is 0 Å². The molecule has 1 N–H and O–H groups in total. The first-order valence-electron chi connectivity index (χ1n) is 8.80. The van der Waals surface area contributed by atoms with Crippen LogP contribution in [0.15, 0.2) is 75.0 Å². The Balaban J connectivity index is 1.68. The van der Waals surface area contributed by atoms with Crippen LogP contribution in [-0.2, 0) is 4.79 Å². The summed E-state index contributed by atoms with van der Waals surface area (Å²) in [6, 6.07) is 12.8. The first-order valence-corrected chi connectivity index (χ1v) is 10.4. The molecule has 0 saturated heterocycles. The molecule has 3 atom stereocenters. The molecule has 2 aromatic carbocycles. The molecular formula is C22H19Br2F2NO. The van der Waals surface area contributed by atoms with Crippen molar-refractivity contribution in [2.75, 3.05) is 5.32 Å². The monoisotopic (exact) mass is 509 g/mol. The molecule has 6 heteroatoms. The van der Waals surface area contributed by atoms with E-state index < -0.39 is 17.9 Å². The smallest absolute Gasteiger partial charge is 0.284 e. The third kappa shape index (κ3) is 4.61. The van der Waals surface area contributed by atoms with E-state index in [1.165, 1.54) is 13.0 Å². The van der Waals surface area contributed by atoms with Crippen molar-refractivity contribution >= 4 is 43.5 Å². The van der Waals surface area contributed by atoms with Gasteiger partial charge in [0.2, 0.25) is 0 Å². The van der Waals surface area contributed by atoms with Crippen LogP contribution < -0.4 is 5.32 Å². The van der Waals surface area contributed by atoms with Crippen molar-refractivity contribution in [3.63, 3.8) is 0 Å². The normalized spacial score (nSPS) is 22.1. The summed E-state index contributed by atoms with van der Waals surface area (Å²) in [6.07, 6.45) is 2.11. The molecule has 0 aromatic heterocycles. The van der Waals surface area contributed by atoms with Gasteiger partial charge in [0, 0.05) is 26.5 Å². The van der Waals surface area contributed by atoms with E-state index in [1.807, 2.05) is 37.3 Å². The number of para-hydroxylation sites is 1. The molecule has 0 radical (unpaired) electrons. The summed E-state index contributed by atoms with van der Waals surface area (Å²) < 4.78 is 30.4. The average Bonchev–Trinajstić information content (AvgIpc) is 3.32. The van der Waals surface area contributed by atoms with E-state index in [4.69, 9.17) is 0 Å². The molecule has 2 nitrogen and oxygen atoms in total. The number of alkyl halides is 1. The molecule has 28 heavy (non-hydrogen) atoms. The molecule has 0 heterocycles. The molecular weight excluding hydrogens is 492 g/mol. The quantitative estimate of drug-likeness (QED) is 0.340. The highest BCUT2D eigenvalue weighted by Gasteiger charge is 2.50. The number of nitrogens with one attached hydrogen (secondary N) is 1.